The number of esters is 1. The highest BCUT2D eigenvalue weighted by molar-refractivity contribution is 7.98. The van der Waals surface area contributed by atoms with Gasteiger partial charge in [-0.3, -0.25) is 9.79 Å². The molecule has 0 saturated heterocycles. The van der Waals surface area contributed by atoms with E-state index in [1.165, 1.54) is 42.1 Å². The number of benzene rings is 1. The summed E-state index contributed by atoms with van der Waals surface area (Å²) < 4.78 is 67.7. The fourth-order valence-electron chi connectivity index (χ4n) is 2.43. The van der Waals surface area contributed by atoms with Crippen LogP contribution in [0, 0.1) is 0 Å². The lowest BCUT2D eigenvalue weighted by molar-refractivity contribution is -0.139. The minimum Gasteiger partial charge on any atom is -0.453 e. The highest BCUT2D eigenvalue weighted by Gasteiger charge is 2.35. The summed E-state index contributed by atoms with van der Waals surface area (Å²) in [7, 11) is -3.47. The maximum absolute atomic E-state index is 13.1. The molecule has 0 aliphatic carbocycles. The highest BCUT2D eigenvalue weighted by Crippen LogP contribution is 2.29. The van der Waals surface area contributed by atoms with E-state index in [0.717, 1.165) is 6.26 Å². The van der Waals surface area contributed by atoms with E-state index < -0.39 is 45.0 Å². The summed E-state index contributed by atoms with van der Waals surface area (Å²) in [6.45, 7) is -0.588. The fourth-order valence-corrected chi connectivity index (χ4v) is 3.62. The van der Waals surface area contributed by atoms with Crippen LogP contribution in [0.4, 0.5) is 13.2 Å². The third kappa shape index (κ3) is 6.78. The zero-order valence-electron chi connectivity index (χ0n) is 16.9. The number of nitrogens with two attached hydrogens (primary N) is 1. The molecule has 0 bridgehead atoms. The molecule has 174 valence electrons. The number of nitrogens with one attached hydrogen (secondary N) is 1. The Labute approximate surface area is 191 Å². The number of rotatable bonds is 8. The second-order valence-corrected chi connectivity index (χ2v) is 9.61. The van der Waals surface area contributed by atoms with Gasteiger partial charge in [0.25, 0.3) is 0 Å². The molecular formula is C19H19ClF3N3O4S2. The first-order valence-corrected chi connectivity index (χ1v) is 12.4. The predicted molar refractivity (Wildman–Crippen MR) is 118 cm³/mol. The summed E-state index contributed by atoms with van der Waals surface area (Å²) in [6.07, 6.45) is -2.17. The number of nitrogens with zero attached hydrogens (tertiary/aromatic N) is 1. The van der Waals surface area contributed by atoms with E-state index >= 15 is 0 Å². The van der Waals surface area contributed by atoms with Crippen LogP contribution in [0.1, 0.15) is 5.69 Å². The zero-order chi connectivity index (χ0) is 24.1. The minimum absolute atomic E-state index is 0.0413. The number of carbonyl (C=O) groups excluding carboxylic acids is 1. The summed E-state index contributed by atoms with van der Waals surface area (Å²) in [5.41, 5.74) is 4.06. The molecule has 0 fully saturated rings. The number of allylic oxidation sites excluding steroid dienone is 2. The molecule has 0 spiro atoms. The molecule has 2 rings (SSSR count). The first kappa shape index (κ1) is 25.8. The average Bonchev–Trinajstić information content (AvgIpc) is 3.20. The van der Waals surface area contributed by atoms with Crippen LogP contribution in [0.5, 0.6) is 0 Å². The molecule has 2 aromatic rings. The molecule has 1 heterocycles. The number of hydrogen-bond acceptors (Lipinski definition) is 7. The lowest BCUT2D eigenvalue weighted by Gasteiger charge is -2.11. The second kappa shape index (κ2) is 10.5. The van der Waals surface area contributed by atoms with Gasteiger partial charge in [0.2, 0.25) is 0 Å². The van der Waals surface area contributed by atoms with Crippen LogP contribution in [0.3, 0.4) is 0 Å². The Morgan fingerprint density at radius 3 is 2.56 bits per heavy atom. The highest BCUT2D eigenvalue weighted by atomic mass is 35.5. The normalized spacial score (nSPS) is 13.6. The van der Waals surface area contributed by atoms with Crippen molar-refractivity contribution in [2.24, 2.45) is 10.7 Å². The summed E-state index contributed by atoms with van der Waals surface area (Å²) in [4.78, 5) is 18.5. The monoisotopic (exact) mass is 509 g/mol. The molecule has 7 nitrogen and oxygen atoms in total. The van der Waals surface area contributed by atoms with Crippen LogP contribution < -0.4 is 5.73 Å². The number of sulfone groups is 1. The van der Waals surface area contributed by atoms with Crippen molar-refractivity contribution in [3.63, 3.8) is 0 Å². The Bertz CT molecular complexity index is 1160. The lowest BCUT2D eigenvalue weighted by atomic mass is 10.2. The van der Waals surface area contributed by atoms with Gasteiger partial charge in [-0.05, 0) is 36.1 Å². The van der Waals surface area contributed by atoms with E-state index in [1.807, 2.05) is 0 Å². The van der Waals surface area contributed by atoms with Gasteiger partial charge in [-0.25, -0.2) is 8.42 Å². The first-order valence-electron chi connectivity index (χ1n) is 8.76. The molecule has 0 atom stereocenters. The number of ether oxygens (including phenoxy) is 1. The van der Waals surface area contributed by atoms with Crippen LogP contribution in [0.2, 0.25) is 0 Å². The number of H-pyrrole nitrogens is 1. The predicted octanol–water partition coefficient (Wildman–Crippen LogP) is 3.71. The third-order valence-electron chi connectivity index (χ3n) is 3.97. The number of thioether (sulfide) groups is 1. The average molecular weight is 510 g/mol. The lowest BCUT2D eigenvalue weighted by Crippen LogP contribution is -2.24. The van der Waals surface area contributed by atoms with Gasteiger partial charge in [0.15, 0.2) is 9.84 Å². The fraction of sp³-hybridized carbons (Fsp3) is 0.263. The Kier molecular flexibility index (Phi) is 8.43. The minimum atomic E-state index is -4.92. The summed E-state index contributed by atoms with van der Waals surface area (Å²) in [5, 5.41) is -0.895. The molecule has 1 aromatic carbocycles. The molecule has 0 aliphatic heterocycles. The van der Waals surface area contributed by atoms with Crippen molar-refractivity contribution in [1.29, 1.82) is 0 Å². The van der Waals surface area contributed by atoms with E-state index in [2.05, 4.69) is 9.98 Å². The molecule has 0 radical (unpaired) electrons. The number of aliphatic imine (C=N–C) groups is 1. The smallest absolute Gasteiger partial charge is 0.432 e. The molecule has 0 saturated carbocycles. The zero-order valence-corrected chi connectivity index (χ0v) is 19.3. The van der Waals surface area contributed by atoms with E-state index in [1.54, 1.807) is 12.3 Å². The molecule has 32 heavy (non-hydrogen) atoms. The standard InChI is InChI=1S/C19H19ClF3N3O4S2/c1-31-10-30-15(27)9-25-17(16(20)18(24)19(21,22)23)14-7-6-13(26-14)11-4-3-5-12(8-11)32(2,28)29/h3-8,26H,9-10,24H2,1-2H3. The van der Waals surface area contributed by atoms with Gasteiger partial charge in [0.1, 0.15) is 23.9 Å². The van der Waals surface area contributed by atoms with Crippen molar-refractivity contribution in [3.05, 3.63) is 52.8 Å². The quantitative estimate of drug-likeness (QED) is 0.318. The second-order valence-electron chi connectivity index (χ2n) is 6.40. The number of aromatic amines is 1. The Morgan fingerprint density at radius 2 is 1.97 bits per heavy atom. The van der Waals surface area contributed by atoms with E-state index in [0.29, 0.717) is 11.3 Å². The van der Waals surface area contributed by atoms with Gasteiger partial charge in [-0.15, -0.1) is 11.8 Å². The van der Waals surface area contributed by atoms with Crippen molar-refractivity contribution in [3.8, 4) is 11.3 Å². The molecule has 0 aliphatic rings. The van der Waals surface area contributed by atoms with Gasteiger partial charge < -0.3 is 15.5 Å². The molecular weight excluding hydrogens is 491 g/mol. The number of aromatic nitrogens is 1. The SMILES string of the molecule is CSCOC(=O)CN=C(C(Cl)=C(N)C(F)(F)F)c1ccc(-c2cccc(S(C)(=O)=O)c2)[nH]1. The topological polar surface area (TPSA) is 115 Å². The van der Waals surface area contributed by atoms with Gasteiger partial charge in [0, 0.05) is 11.9 Å². The number of hydrogen-bond donors (Lipinski definition) is 2. The Hall–Kier alpha value is -2.44. The Balaban J connectivity index is 2.50. The molecule has 3 N–H and O–H groups in total. The van der Waals surface area contributed by atoms with Gasteiger partial charge >= 0.3 is 12.1 Å². The number of carbonyl (C=O) groups is 1. The Morgan fingerprint density at radius 1 is 1.28 bits per heavy atom. The maximum Gasteiger partial charge on any atom is 0.432 e. The van der Waals surface area contributed by atoms with Crippen LogP contribution >= 0.6 is 23.4 Å². The van der Waals surface area contributed by atoms with E-state index in [4.69, 9.17) is 22.1 Å². The number of alkyl halides is 3. The van der Waals surface area contributed by atoms with Crippen molar-refractivity contribution < 1.29 is 31.1 Å². The van der Waals surface area contributed by atoms with Gasteiger partial charge in [-0.2, -0.15) is 13.2 Å². The van der Waals surface area contributed by atoms with Crippen molar-refractivity contribution in [2.75, 3.05) is 25.0 Å². The molecule has 13 heteroatoms. The third-order valence-corrected chi connectivity index (χ3v) is 5.81. The largest absolute Gasteiger partial charge is 0.453 e. The summed E-state index contributed by atoms with van der Waals surface area (Å²) >= 11 is 7.13. The van der Waals surface area contributed by atoms with Crippen LogP contribution in [0.15, 0.2) is 57.0 Å². The van der Waals surface area contributed by atoms with Gasteiger partial charge in [-0.1, -0.05) is 23.7 Å². The van der Waals surface area contributed by atoms with E-state index in [-0.39, 0.29) is 16.5 Å². The van der Waals surface area contributed by atoms with Crippen molar-refractivity contribution in [1.82, 2.24) is 4.98 Å². The van der Waals surface area contributed by atoms with E-state index in [9.17, 15) is 26.4 Å². The summed E-state index contributed by atoms with van der Waals surface area (Å²) in [6, 6.07) is 8.86. The summed E-state index contributed by atoms with van der Waals surface area (Å²) in [5.74, 6) is -0.708. The van der Waals surface area contributed by atoms with Crippen LogP contribution in [-0.4, -0.2) is 56.3 Å². The van der Waals surface area contributed by atoms with Crippen molar-refractivity contribution >= 4 is 44.9 Å². The molecule has 0 unspecified atom stereocenters. The van der Waals surface area contributed by atoms with Crippen LogP contribution in [0.25, 0.3) is 11.3 Å². The maximum atomic E-state index is 13.1. The molecule has 1 aromatic heterocycles. The first-order chi connectivity index (χ1) is 14.8. The van der Waals surface area contributed by atoms with Crippen LogP contribution in [-0.2, 0) is 19.4 Å². The van der Waals surface area contributed by atoms with Gasteiger partial charge in [0.05, 0.1) is 15.6 Å². The molecule has 0 amide bonds. The number of halogens is 4. The van der Waals surface area contributed by atoms with Crippen molar-refractivity contribution in [2.45, 2.75) is 11.1 Å².